The predicted octanol–water partition coefficient (Wildman–Crippen LogP) is 3.05. The number of carbonyl (C=O) groups is 1. The summed E-state index contributed by atoms with van der Waals surface area (Å²) in [6.45, 7) is 7.20. The van der Waals surface area contributed by atoms with Gasteiger partial charge in [-0.1, -0.05) is 25.6 Å². The number of anilines is 2. The Hall–Kier alpha value is -2.09. The summed E-state index contributed by atoms with van der Waals surface area (Å²) in [6, 6.07) is 8.10. The maximum Gasteiger partial charge on any atom is 0.234 e. The first kappa shape index (κ1) is 18.7. The molecule has 1 aromatic carbocycles. The van der Waals surface area contributed by atoms with E-state index in [1.54, 1.807) is 4.68 Å². The third kappa shape index (κ3) is 5.20. The highest BCUT2D eigenvalue weighted by Gasteiger charge is 2.13. The number of amides is 1. The van der Waals surface area contributed by atoms with E-state index in [0.29, 0.717) is 11.1 Å². The van der Waals surface area contributed by atoms with Gasteiger partial charge in [0.1, 0.15) is 0 Å². The number of aromatic nitrogens is 4. The summed E-state index contributed by atoms with van der Waals surface area (Å²) in [5, 5.41) is 15.3. The maximum absolute atomic E-state index is 12.2. The van der Waals surface area contributed by atoms with Gasteiger partial charge in [0.25, 0.3) is 0 Å². The van der Waals surface area contributed by atoms with Gasteiger partial charge in [-0.05, 0) is 59.9 Å². The molecular weight excluding hydrogens is 348 g/mol. The first-order valence-electron chi connectivity index (χ1n) is 9.15. The third-order valence-corrected chi connectivity index (χ3v) is 5.20. The maximum atomic E-state index is 12.2. The fraction of sp³-hybridized carbons (Fsp3) is 0.556. The SMILES string of the molecule is CC(C)Cn1nnnc1SCC(=O)Nc1ccc(N2CCCCC2)cc1. The number of piperidine rings is 1. The largest absolute Gasteiger partial charge is 0.372 e. The van der Waals surface area contributed by atoms with Crippen molar-refractivity contribution in [1.29, 1.82) is 0 Å². The van der Waals surface area contributed by atoms with Crippen molar-refractivity contribution in [2.75, 3.05) is 29.1 Å². The van der Waals surface area contributed by atoms with Crippen LogP contribution in [0.2, 0.25) is 0 Å². The molecule has 1 N–H and O–H groups in total. The molecule has 8 heteroatoms. The van der Waals surface area contributed by atoms with Gasteiger partial charge in [0.05, 0.1) is 5.75 Å². The van der Waals surface area contributed by atoms with E-state index in [4.69, 9.17) is 0 Å². The molecule has 2 aromatic rings. The summed E-state index contributed by atoms with van der Waals surface area (Å²) < 4.78 is 1.75. The van der Waals surface area contributed by atoms with Crippen molar-refractivity contribution in [3.05, 3.63) is 24.3 Å². The average molecular weight is 375 g/mol. The first-order chi connectivity index (χ1) is 12.6. The molecule has 3 rings (SSSR count). The van der Waals surface area contributed by atoms with Crippen LogP contribution >= 0.6 is 11.8 Å². The van der Waals surface area contributed by atoms with Gasteiger partial charge in [-0.15, -0.1) is 5.10 Å². The van der Waals surface area contributed by atoms with Crippen LogP contribution in [0.25, 0.3) is 0 Å². The highest BCUT2D eigenvalue weighted by molar-refractivity contribution is 7.99. The van der Waals surface area contributed by atoms with Crippen molar-refractivity contribution in [2.24, 2.45) is 5.92 Å². The number of thioether (sulfide) groups is 1. The van der Waals surface area contributed by atoms with Crippen LogP contribution < -0.4 is 10.2 Å². The molecule has 140 valence electrons. The Bertz CT molecular complexity index is 709. The second-order valence-electron chi connectivity index (χ2n) is 6.97. The molecule has 26 heavy (non-hydrogen) atoms. The van der Waals surface area contributed by atoms with E-state index >= 15 is 0 Å². The lowest BCUT2D eigenvalue weighted by Crippen LogP contribution is -2.29. The molecule has 1 saturated heterocycles. The van der Waals surface area contributed by atoms with E-state index in [1.165, 1.54) is 36.7 Å². The van der Waals surface area contributed by atoms with Gasteiger partial charge in [0.15, 0.2) is 0 Å². The smallest absolute Gasteiger partial charge is 0.234 e. The molecule has 2 heterocycles. The summed E-state index contributed by atoms with van der Waals surface area (Å²) >= 11 is 1.36. The Morgan fingerprint density at radius 2 is 1.92 bits per heavy atom. The zero-order chi connectivity index (χ0) is 18.4. The molecule has 0 atom stereocenters. The van der Waals surface area contributed by atoms with E-state index in [1.807, 2.05) is 12.1 Å². The Morgan fingerprint density at radius 1 is 1.19 bits per heavy atom. The minimum atomic E-state index is -0.0557. The van der Waals surface area contributed by atoms with E-state index in [9.17, 15) is 4.79 Å². The second-order valence-corrected chi connectivity index (χ2v) is 7.91. The van der Waals surface area contributed by atoms with Crippen molar-refractivity contribution in [3.63, 3.8) is 0 Å². The van der Waals surface area contributed by atoms with Crippen LogP contribution in [0.4, 0.5) is 11.4 Å². The fourth-order valence-electron chi connectivity index (χ4n) is 3.00. The molecule has 0 saturated carbocycles. The number of hydrogen-bond acceptors (Lipinski definition) is 6. The van der Waals surface area contributed by atoms with Crippen molar-refractivity contribution in [3.8, 4) is 0 Å². The Morgan fingerprint density at radius 3 is 2.62 bits per heavy atom. The molecule has 1 amide bonds. The topological polar surface area (TPSA) is 75.9 Å². The first-order valence-corrected chi connectivity index (χ1v) is 10.1. The number of rotatable bonds is 7. The number of nitrogens with zero attached hydrogens (tertiary/aromatic N) is 5. The zero-order valence-electron chi connectivity index (χ0n) is 15.4. The van der Waals surface area contributed by atoms with Crippen molar-refractivity contribution < 1.29 is 4.79 Å². The van der Waals surface area contributed by atoms with E-state index in [-0.39, 0.29) is 11.7 Å². The third-order valence-electron chi connectivity index (χ3n) is 4.24. The normalized spacial score (nSPS) is 14.7. The lowest BCUT2D eigenvalue weighted by Gasteiger charge is -2.28. The Labute approximate surface area is 158 Å². The van der Waals surface area contributed by atoms with Crippen LogP contribution in [-0.2, 0) is 11.3 Å². The molecule has 1 aliphatic heterocycles. The minimum Gasteiger partial charge on any atom is -0.372 e. The number of hydrogen-bond donors (Lipinski definition) is 1. The second kappa shape index (κ2) is 9.02. The number of benzene rings is 1. The van der Waals surface area contributed by atoms with Crippen LogP contribution in [0.5, 0.6) is 0 Å². The van der Waals surface area contributed by atoms with Gasteiger partial charge in [0, 0.05) is 31.0 Å². The minimum absolute atomic E-state index is 0.0557. The quantitative estimate of drug-likeness (QED) is 0.751. The molecule has 0 radical (unpaired) electrons. The monoisotopic (exact) mass is 374 g/mol. The summed E-state index contributed by atoms with van der Waals surface area (Å²) in [5.74, 6) is 0.678. The van der Waals surface area contributed by atoms with Crippen LogP contribution in [0.15, 0.2) is 29.4 Å². The summed E-state index contributed by atoms with van der Waals surface area (Å²) in [7, 11) is 0. The lowest BCUT2D eigenvalue weighted by molar-refractivity contribution is -0.113. The number of tetrazole rings is 1. The molecule has 1 aliphatic rings. The summed E-state index contributed by atoms with van der Waals surface area (Å²) in [5.41, 5.74) is 2.04. The molecule has 0 aliphatic carbocycles. The van der Waals surface area contributed by atoms with Crippen LogP contribution in [-0.4, -0.2) is 45.0 Å². The van der Waals surface area contributed by atoms with Crippen LogP contribution in [0.3, 0.4) is 0 Å². The Kier molecular flexibility index (Phi) is 6.49. The molecular formula is C18H26N6OS. The predicted molar refractivity (Wildman–Crippen MR) is 105 cm³/mol. The van der Waals surface area contributed by atoms with Gasteiger partial charge in [-0.25, -0.2) is 4.68 Å². The van der Waals surface area contributed by atoms with Gasteiger partial charge in [-0.3, -0.25) is 4.79 Å². The van der Waals surface area contributed by atoms with E-state index < -0.39 is 0 Å². The molecule has 0 spiro atoms. The molecule has 7 nitrogen and oxygen atoms in total. The average Bonchev–Trinajstić information content (AvgIpc) is 3.08. The number of nitrogens with one attached hydrogen (secondary N) is 1. The summed E-state index contributed by atoms with van der Waals surface area (Å²) in [6.07, 6.45) is 3.83. The van der Waals surface area contributed by atoms with Crippen molar-refractivity contribution in [1.82, 2.24) is 20.2 Å². The highest BCUT2D eigenvalue weighted by Crippen LogP contribution is 2.22. The lowest BCUT2D eigenvalue weighted by atomic mass is 10.1. The van der Waals surface area contributed by atoms with Crippen LogP contribution in [0, 0.1) is 5.92 Å². The number of carbonyl (C=O) groups excluding carboxylic acids is 1. The molecule has 1 fully saturated rings. The fourth-order valence-corrected chi connectivity index (χ4v) is 3.68. The van der Waals surface area contributed by atoms with Gasteiger partial charge in [-0.2, -0.15) is 0 Å². The van der Waals surface area contributed by atoms with Crippen molar-refractivity contribution >= 4 is 29.0 Å². The molecule has 0 bridgehead atoms. The Balaban J connectivity index is 1.49. The van der Waals surface area contributed by atoms with E-state index in [0.717, 1.165) is 25.3 Å². The highest BCUT2D eigenvalue weighted by atomic mass is 32.2. The van der Waals surface area contributed by atoms with Gasteiger partial charge >= 0.3 is 0 Å². The van der Waals surface area contributed by atoms with E-state index in [2.05, 4.69) is 51.7 Å². The van der Waals surface area contributed by atoms with Crippen molar-refractivity contribution in [2.45, 2.75) is 44.8 Å². The zero-order valence-corrected chi connectivity index (χ0v) is 16.2. The van der Waals surface area contributed by atoms with Gasteiger partial charge < -0.3 is 10.2 Å². The summed E-state index contributed by atoms with van der Waals surface area (Å²) in [4.78, 5) is 14.6. The van der Waals surface area contributed by atoms with Gasteiger partial charge in [0.2, 0.25) is 11.1 Å². The standard InChI is InChI=1S/C18H26N6OS/c1-14(2)12-24-18(20-21-22-24)26-13-17(25)19-15-6-8-16(9-7-15)23-10-4-3-5-11-23/h6-9,14H,3-5,10-13H2,1-2H3,(H,19,25). The molecule has 1 aromatic heterocycles. The van der Waals surface area contributed by atoms with Crippen LogP contribution in [0.1, 0.15) is 33.1 Å². The molecule has 0 unspecified atom stereocenters.